The van der Waals surface area contributed by atoms with Crippen molar-refractivity contribution in [2.45, 2.75) is 38.5 Å². The minimum atomic E-state index is -0.881. The van der Waals surface area contributed by atoms with Crippen molar-refractivity contribution in [2.24, 2.45) is 0 Å². The minimum Gasteiger partial charge on any atom is -0.481 e. The summed E-state index contributed by atoms with van der Waals surface area (Å²) in [5, 5.41) is 32.1. The molecular formula is C12H26O6S2. The van der Waals surface area contributed by atoms with Crippen molar-refractivity contribution in [2.75, 3.05) is 24.7 Å². The van der Waals surface area contributed by atoms with Crippen molar-refractivity contribution in [3.05, 3.63) is 0 Å². The predicted octanol–water partition coefficient (Wildman–Crippen LogP) is 1.31. The minimum absolute atomic E-state index is 0.0833. The molecule has 6 nitrogen and oxygen atoms in total. The fraction of sp³-hybridized carbons (Fsp3) is 0.833. The van der Waals surface area contributed by atoms with Crippen LogP contribution in [0.3, 0.4) is 0 Å². The van der Waals surface area contributed by atoms with Crippen LogP contribution >= 0.6 is 25.3 Å². The molecule has 0 amide bonds. The molecule has 0 aliphatic heterocycles. The van der Waals surface area contributed by atoms with E-state index in [9.17, 15) is 9.59 Å². The topological polar surface area (TPSA) is 115 Å². The van der Waals surface area contributed by atoms with E-state index < -0.39 is 11.9 Å². The molecule has 0 aromatic heterocycles. The number of thiol groups is 2. The second-order valence-electron chi connectivity index (χ2n) is 3.67. The summed E-state index contributed by atoms with van der Waals surface area (Å²) < 4.78 is 0. The largest absolute Gasteiger partial charge is 0.481 e. The fourth-order valence-corrected chi connectivity index (χ4v) is 0.931. The lowest BCUT2D eigenvalue weighted by Crippen LogP contribution is -1.92. The Hall–Kier alpha value is -0.440. The van der Waals surface area contributed by atoms with Crippen LogP contribution in [0.25, 0.3) is 0 Å². The Morgan fingerprint density at radius 1 is 0.650 bits per heavy atom. The summed E-state index contributed by atoms with van der Waals surface area (Å²) in [6.45, 7) is 0.639. The molecule has 0 aliphatic carbocycles. The summed E-state index contributed by atoms with van der Waals surface area (Å²) in [6.07, 6.45) is 6.50. The predicted molar refractivity (Wildman–Crippen MR) is 84.9 cm³/mol. The molecule has 0 bridgehead atoms. The molecule has 0 atom stereocenters. The summed E-state index contributed by atoms with van der Waals surface area (Å²) in [5.74, 6) is -1.93. The van der Waals surface area contributed by atoms with Crippen LogP contribution in [0.4, 0.5) is 0 Å². The van der Waals surface area contributed by atoms with Crippen LogP contribution in [0.1, 0.15) is 38.5 Å². The molecule has 0 radical (unpaired) electrons. The Kier molecular flexibility index (Phi) is 29.0. The van der Waals surface area contributed by atoms with Gasteiger partial charge in [-0.05, 0) is 12.8 Å². The van der Waals surface area contributed by atoms with E-state index in [0.29, 0.717) is 13.2 Å². The summed E-state index contributed by atoms with van der Waals surface area (Å²) in [5.41, 5.74) is 0. The first-order valence-corrected chi connectivity index (χ1v) is 7.59. The Bertz CT molecular complexity index is 192. The molecule has 0 aliphatic rings. The van der Waals surface area contributed by atoms with Gasteiger partial charge in [0.2, 0.25) is 0 Å². The maximum Gasteiger partial charge on any atom is 0.313 e. The summed E-state index contributed by atoms with van der Waals surface area (Å²) in [6, 6.07) is 0. The molecule has 0 spiro atoms. The third kappa shape index (κ3) is 43.2. The van der Waals surface area contributed by atoms with Crippen LogP contribution in [-0.4, -0.2) is 57.1 Å². The zero-order valence-electron chi connectivity index (χ0n) is 11.6. The molecule has 0 saturated heterocycles. The van der Waals surface area contributed by atoms with E-state index in [-0.39, 0.29) is 11.5 Å². The Morgan fingerprint density at radius 2 is 0.850 bits per heavy atom. The van der Waals surface area contributed by atoms with Gasteiger partial charge in [-0.2, -0.15) is 25.3 Å². The summed E-state index contributed by atoms with van der Waals surface area (Å²) in [7, 11) is 0. The van der Waals surface area contributed by atoms with Crippen molar-refractivity contribution in [1.29, 1.82) is 0 Å². The van der Waals surface area contributed by atoms with Gasteiger partial charge in [-0.15, -0.1) is 0 Å². The zero-order chi connectivity index (χ0) is 16.2. The van der Waals surface area contributed by atoms with Crippen molar-refractivity contribution < 1.29 is 30.0 Å². The first-order chi connectivity index (χ1) is 9.45. The highest BCUT2D eigenvalue weighted by Gasteiger charge is 1.88. The smallest absolute Gasteiger partial charge is 0.313 e. The third-order valence-electron chi connectivity index (χ3n) is 1.84. The van der Waals surface area contributed by atoms with Gasteiger partial charge >= 0.3 is 11.9 Å². The maximum absolute atomic E-state index is 9.29. The quantitative estimate of drug-likeness (QED) is 0.281. The molecular weight excluding hydrogens is 304 g/mol. The Morgan fingerprint density at radius 3 is 1.00 bits per heavy atom. The second kappa shape index (κ2) is 23.6. The van der Waals surface area contributed by atoms with Crippen molar-refractivity contribution in [3.63, 3.8) is 0 Å². The van der Waals surface area contributed by atoms with Crippen molar-refractivity contribution in [3.8, 4) is 0 Å². The molecule has 0 heterocycles. The van der Waals surface area contributed by atoms with E-state index in [1.807, 2.05) is 0 Å². The van der Waals surface area contributed by atoms with Gasteiger partial charge in [0.05, 0.1) is 11.5 Å². The Labute approximate surface area is 131 Å². The van der Waals surface area contributed by atoms with Gasteiger partial charge in [0.25, 0.3) is 0 Å². The number of hydrogen-bond donors (Lipinski definition) is 6. The number of hydrogen-bond acceptors (Lipinski definition) is 6. The zero-order valence-corrected chi connectivity index (χ0v) is 13.4. The van der Waals surface area contributed by atoms with Crippen LogP contribution in [-0.2, 0) is 9.59 Å². The second-order valence-corrected chi connectivity index (χ2v) is 4.30. The number of aliphatic hydroxyl groups is 2. The normalized spacial score (nSPS) is 8.80. The monoisotopic (exact) mass is 330 g/mol. The highest BCUT2D eigenvalue weighted by atomic mass is 32.1. The van der Waals surface area contributed by atoms with E-state index >= 15 is 0 Å². The lowest BCUT2D eigenvalue weighted by molar-refractivity contribution is -0.134. The number of aliphatic carboxylic acids is 2. The first-order valence-electron chi connectivity index (χ1n) is 6.33. The summed E-state index contributed by atoms with van der Waals surface area (Å²) >= 11 is 6.83. The van der Waals surface area contributed by atoms with Crippen LogP contribution in [0.15, 0.2) is 0 Å². The average Bonchev–Trinajstić information content (AvgIpc) is 2.44. The fourth-order valence-electron chi connectivity index (χ4n) is 0.931. The number of aliphatic hydroxyl groups excluding tert-OH is 2. The van der Waals surface area contributed by atoms with E-state index in [4.69, 9.17) is 20.4 Å². The number of unbranched alkanes of at least 4 members (excludes halogenated alkanes) is 5. The molecule has 0 saturated carbocycles. The molecule has 4 N–H and O–H groups in total. The molecule has 20 heavy (non-hydrogen) atoms. The van der Waals surface area contributed by atoms with Crippen molar-refractivity contribution >= 4 is 37.2 Å². The van der Waals surface area contributed by atoms with Crippen molar-refractivity contribution in [1.82, 2.24) is 0 Å². The van der Waals surface area contributed by atoms with Crippen LogP contribution in [0.2, 0.25) is 0 Å². The SMILES string of the molecule is O=C(O)CS.O=C(O)CS.OCCCCCCCCO. The van der Waals surface area contributed by atoms with Crippen LogP contribution < -0.4 is 0 Å². The maximum atomic E-state index is 9.29. The number of rotatable bonds is 9. The average molecular weight is 330 g/mol. The van der Waals surface area contributed by atoms with Crippen LogP contribution in [0.5, 0.6) is 0 Å². The van der Waals surface area contributed by atoms with Gasteiger partial charge in [0.15, 0.2) is 0 Å². The van der Waals surface area contributed by atoms with E-state index in [1.165, 1.54) is 12.8 Å². The molecule has 0 unspecified atom stereocenters. The molecule has 0 rings (SSSR count). The standard InChI is InChI=1S/C8H18O2.2C2H4O2S/c9-7-5-3-1-2-4-6-8-10;2*3-2(4)1-5/h9-10H,1-8H2;2*5H,1H2,(H,3,4). The molecule has 0 aromatic rings. The third-order valence-corrected chi connectivity index (χ3v) is 2.38. The molecule has 0 aromatic carbocycles. The molecule has 8 heteroatoms. The van der Waals surface area contributed by atoms with Gasteiger partial charge in [-0.25, -0.2) is 0 Å². The van der Waals surface area contributed by atoms with Crippen LogP contribution in [0, 0.1) is 0 Å². The van der Waals surface area contributed by atoms with Gasteiger partial charge < -0.3 is 20.4 Å². The number of carboxylic acid groups (broad SMARTS) is 2. The lowest BCUT2D eigenvalue weighted by atomic mass is 10.1. The molecule has 122 valence electrons. The van der Waals surface area contributed by atoms with E-state index in [2.05, 4.69) is 25.3 Å². The highest BCUT2D eigenvalue weighted by molar-refractivity contribution is 7.81. The number of carboxylic acids is 2. The van der Waals surface area contributed by atoms with Gasteiger partial charge in [0, 0.05) is 13.2 Å². The van der Waals surface area contributed by atoms with Gasteiger partial charge in [-0.3, -0.25) is 9.59 Å². The highest BCUT2D eigenvalue weighted by Crippen LogP contribution is 2.03. The van der Waals surface area contributed by atoms with Gasteiger partial charge in [0.1, 0.15) is 0 Å². The molecule has 0 fully saturated rings. The summed E-state index contributed by atoms with van der Waals surface area (Å²) in [4.78, 5) is 18.6. The van der Waals surface area contributed by atoms with Gasteiger partial charge in [-0.1, -0.05) is 25.7 Å². The number of carbonyl (C=O) groups is 2. The van der Waals surface area contributed by atoms with E-state index in [0.717, 1.165) is 25.7 Å². The first kappa shape index (κ1) is 24.6. The Balaban J connectivity index is -0.000000244. The van der Waals surface area contributed by atoms with E-state index in [1.54, 1.807) is 0 Å². The lowest BCUT2D eigenvalue weighted by Gasteiger charge is -1.97.